The number of aliphatic hydroxyl groups excluding tert-OH is 1. The lowest BCUT2D eigenvalue weighted by atomic mass is 10.0. The number of hydrogen-bond acceptors (Lipinski definition) is 4. The van der Waals surface area contributed by atoms with Gasteiger partial charge in [0, 0.05) is 32.8 Å². The van der Waals surface area contributed by atoms with E-state index in [1.165, 1.54) is 4.31 Å². The second-order valence-electron chi connectivity index (χ2n) is 4.87. The lowest BCUT2D eigenvalue weighted by Crippen LogP contribution is -2.49. The third-order valence-electron chi connectivity index (χ3n) is 3.29. The summed E-state index contributed by atoms with van der Waals surface area (Å²) in [5.74, 6) is 0.582. The van der Waals surface area contributed by atoms with Crippen LogP contribution >= 0.6 is 0 Å². The molecule has 108 valence electrons. The highest BCUT2D eigenvalue weighted by atomic mass is 32.2. The Morgan fingerprint density at radius 2 is 2.06 bits per heavy atom. The van der Waals surface area contributed by atoms with Gasteiger partial charge in [-0.3, -0.25) is 0 Å². The monoisotopic (exact) mass is 280 g/mol. The highest BCUT2D eigenvalue weighted by molar-refractivity contribution is 7.87. The highest BCUT2D eigenvalue weighted by Crippen LogP contribution is 2.18. The van der Waals surface area contributed by atoms with E-state index >= 15 is 0 Å². The Morgan fingerprint density at radius 3 is 2.56 bits per heavy atom. The van der Waals surface area contributed by atoms with Crippen molar-refractivity contribution in [3.63, 3.8) is 0 Å². The van der Waals surface area contributed by atoms with Crippen LogP contribution in [0.5, 0.6) is 0 Å². The van der Waals surface area contributed by atoms with Crippen LogP contribution in [-0.2, 0) is 14.9 Å². The predicted molar refractivity (Wildman–Crippen MR) is 69.4 cm³/mol. The summed E-state index contributed by atoms with van der Waals surface area (Å²) in [5, 5.41) is 9.16. The largest absolute Gasteiger partial charge is 0.395 e. The number of methoxy groups -OCH3 is 1. The number of hydrogen-bond donors (Lipinski definition) is 2. The van der Waals surface area contributed by atoms with Gasteiger partial charge in [0.05, 0.1) is 6.61 Å². The zero-order chi connectivity index (χ0) is 13.6. The summed E-state index contributed by atoms with van der Waals surface area (Å²) in [6, 6.07) is -0.478. The maximum atomic E-state index is 12.1. The molecule has 1 saturated heterocycles. The first-order chi connectivity index (χ1) is 8.49. The van der Waals surface area contributed by atoms with Gasteiger partial charge in [-0.2, -0.15) is 17.4 Å². The fourth-order valence-corrected chi connectivity index (χ4v) is 3.41. The molecule has 0 aliphatic carbocycles. The molecule has 0 aromatic heterocycles. The Labute approximate surface area is 109 Å². The van der Waals surface area contributed by atoms with Crippen LogP contribution in [-0.4, -0.2) is 57.3 Å². The fourth-order valence-electron chi connectivity index (χ4n) is 1.96. The zero-order valence-corrected chi connectivity index (χ0v) is 11.9. The van der Waals surface area contributed by atoms with Gasteiger partial charge in [-0.05, 0) is 25.2 Å². The molecule has 1 rings (SSSR count). The van der Waals surface area contributed by atoms with Crippen LogP contribution in [0.1, 0.15) is 26.2 Å². The third-order valence-corrected chi connectivity index (χ3v) is 4.97. The number of piperidine rings is 1. The molecule has 1 unspecified atom stereocenters. The molecule has 0 spiro atoms. The Morgan fingerprint density at radius 1 is 1.44 bits per heavy atom. The quantitative estimate of drug-likeness (QED) is 0.685. The summed E-state index contributed by atoms with van der Waals surface area (Å²) in [4.78, 5) is 0. The van der Waals surface area contributed by atoms with E-state index in [-0.39, 0.29) is 6.61 Å². The van der Waals surface area contributed by atoms with E-state index in [4.69, 9.17) is 9.84 Å². The molecule has 1 heterocycles. The lowest BCUT2D eigenvalue weighted by molar-refractivity contribution is 0.165. The molecule has 2 N–H and O–H groups in total. The first-order valence-electron chi connectivity index (χ1n) is 6.36. The summed E-state index contributed by atoms with van der Waals surface area (Å²) in [6.07, 6.45) is 2.25. The van der Waals surface area contributed by atoms with Gasteiger partial charge in [0.1, 0.15) is 0 Å². The molecule has 0 saturated carbocycles. The van der Waals surface area contributed by atoms with Gasteiger partial charge in [0.2, 0.25) is 0 Å². The van der Waals surface area contributed by atoms with Crippen molar-refractivity contribution in [1.82, 2.24) is 9.03 Å². The topological polar surface area (TPSA) is 78.9 Å². The van der Waals surface area contributed by atoms with Crippen LogP contribution in [0, 0.1) is 5.92 Å². The Kier molecular flexibility index (Phi) is 6.51. The second-order valence-corrected chi connectivity index (χ2v) is 6.57. The number of ether oxygens (including phenoxy) is 1. The molecule has 0 radical (unpaired) electrons. The Bertz CT molecular complexity index is 326. The molecule has 1 atom stereocenters. The number of aliphatic hydroxyl groups is 1. The molecule has 0 amide bonds. The molecule has 0 aromatic rings. The van der Waals surface area contributed by atoms with Crippen LogP contribution in [0.15, 0.2) is 0 Å². The van der Waals surface area contributed by atoms with Gasteiger partial charge in [-0.15, -0.1) is 0 Å². The molecule has 7 heteroatoms. The van der Waals surface area contributed by atoms with Crippen LogP contribution < -0.4 is 4.72 Å². The van der Waals surface area contributed by atoms with Crippen molar-refractivity contribution in [2.75, 3.05) is 33.4 Å². The van der Waals surface area contributed by atoms with Crippen molar-refractivity contribution in [2.24, 2.45) is 5.92 Å². The molecular formula is C11H24N2O4S. The highest BCUT2D eigenvalue weighted by Gasteiger charge is 2.28. The van der Waals surface area contributed by atoms with Gasteiger partial charge in [-0.1, -0.05) is 6.92 Å². The molecule has 1 fully saturated rings. The summed E-state index contributed by atoms with van der Waals surface area (Å²) in [7, 11) is -1.93. The van der Waals surface area contributed by atoms with Crippen LogP contribution in [0.2, 0.25) is 0 Å². The normalized spacial score (nSPS) is 21.1. The van der Waals surface area contributed by atoms with Gasteiger partial charge in [0.25, 0.3) is 10.2 Å². The molecule has 1 aliphatic heterocycles. The zero-order valence-electron chi connectivity index (χ0n) is 11.1. The maximum Gasteiger partial charge on any atom is 0.279 e. The first-order valence-corrected chi connectivity index (χ1v) is 7.80. The van der Waals surface area contributed by atoms with E-state index in [0.29, 0.717) is 32.0 Å². The first kappa shape index (κ1) is 15.8. The van der Waals surface area contributed by atoms with Gasteiger partial charge >= 0.3 is 0 Å². The van der Waals surface area contributed by atoms with Crippen molar-refractivity contribution in [2.45, 2.75) is 32.2 Å². The minimum absolute atomic E-state index is 0.215. The fraction of sp³-hybridized carbons (Fsp3) is 1.00. The summed E-state index contributed by atoms with van der Waals surface area (Å²) in [5.41, 5.74) is 0. The minimum atomic E-state index is -3.48. The van der Waals surface area contributed by atoms with Crippen molar-refractivity contribution in [3.8, 4) is 0 Å². The standard InChI is InChI=1S/C11H24N2O4S/c1-10-3-6-13(7-4-10)18(15,16)12-11(9-14)5-8-17-2/h10-12,14H,3-9H2,1-2H3. The van der Waals surface area contributed by atoms with E-state index in [1.54, 1.807) is 7.11 Å². The van der Waals surface area contributed by atoms with E-state index in [2.05, 4.69) is 11.6 Å². The molecule has 6 nitrogen and oxygen atoms in total. The third kappa shape index (κ3) is 4.81. The number of nitrogens with one attached hydrogen (secondary N) is 1. The van der Waals surface area contributed by atoms with Crippen LogP contribution in [0.25, 0.3) is 0 Å². The number of nitrogens with zero attached hydrogens (tertiary/aromatic N) is 1. The summed E-state index contributed by atoms with van der Waals surface area (Å²) in [6.45, 7) is 3.45. The van der Waals surface area contributed by atoms with Crippen molar-refractivity contribution < 1.29 is 18.3 Å². The second kappa shape index (κ2) is 7.40. The van der Waals surface area contributed by atoms with E-state index in [1.807, 2.05) is 0 Å². The van der Waals surface area contributed by atoms with Gasteiger partial charge < -0.3 is 9.84 Å². The van der Waals surface area contributed by atoms with Crippen LogP contribution in [0.4, 0.5) is 0 Å². The van der Waals surface area contributed by atoms with Gasteiger partial charge in [-0.25, -0.2) is 0 Å². The van der Waals surface area contributed by atoms with Crippen LogP contribution in [0.3, 0.4) is 0 Å². The SMILES string of the molecule is COCCC(CO)NS(=O)(=O)N1CCC(C)CC1. The smallest absolute Gasteiger partial charge is 0.279 e. The molecule has 18 heavy (non-hydrogen) atoms. The van der Waals surface area contributed by atoms with Gasteiger partial charge in [0.15, 0.2) is 0 Å². The Balaban J connectivity index is 2.51. The molecular weight excluding hydrogens is 256 g/mol. The molecule has 0 aromatic carbocycles. The predicted octanol–water partition coefficient (Wildman–Crippen LogP) is -0.0499. The average Bonchev–Trinajstić information content (AvgIpc) is 2.35. The minimum Gasteiger partial charge on any atom is -0.395 e. The Hall–Kier alpha value is -0.210. The van der Waals surface area contributed by atoms with Crippen molar-refractivity contribution in [3.05, 3.63) is 0 Å². The van der Waals surface area contributed by atoms with Crippen molar-refractivity contribution in [1.29, 1.82) is 0 Å². The maximum absolute atomic E-state index is 12.1. The average molecular weight is 280 g/mol. The van der Waals surface area contributed by atoms with E-state index < -0.39 is 16.3 Å². The number of rotatable bonds is 7. The van der Waals surface area contributed by atoms with E-state index in [0.717, 1.165) is 12.8 Å². The molecule has 0 bridgehead atoms. The summed E-state index contributed by atoms with van der Waals surface area (Å²) < 4.78 is 33.1. The lowest BCUT2D eigenvalue weighted by Gasteiger charge is -2.30. The van der Waals surface area contributed by atoms with Crippen molar-refractivity contribution >= 4 is 10.2 Å². The summed E-state index contributed by atoms with van der Waals surface area (Å²) >= 11 is 0. The van der Waals surface area contributed by atoms with E-state index in [9.17, 15) is 8.42 Å². The molecule has 1 aliphatic rings.